The quantitative estimate of drug-likeness (QED) is 0.870. The van der Waals surface area contributed by atoms with Crippen LogP contribution in [0.5, 0.6) is 0 Å². The number of likely N-dealkylation sites (tertiary alicyclic amines) is 1. The van der Waals surface area contributed by atoms with Gasteiger partial charge in [-0.15, -0.1) is 0 Å². The van der Waals surface area contributed by atoms with E-state index in [1.165, 1.54) is 12.1 Å². The fraction of sp³-hybridized carbons (Fsp3) is 0.471. The Labute approximate surface area is 125 Å². The predicted octanol–water partition coefficient (Wildman–Crippen LogP) is 2.99. The third kappa shape index (κ3) is 3.50. The molecule has 0 bridgehead atoms. The summed E-state index contributed by atoms with van der Waals surface area (Å²) in [6.45, 7) is 5.80. The zero-order valence-corrected chi connectivity index (χ0v) is 12.8. The Bertz CT molecular complexity index is 560. The summed E-state index contributed by atoms with van der Waals surface area (Å²) >= 11 is 0. The van der Waals surface area contributed by atoms with Crippen molar-refractivity contribution in [3.63, 3.8) is 0 Å². The van der Waals surface area contributed by atoms with E-state index < -0.39 is 5.60 Å². The van der Waals surface area contributed by atoms with E-state index >= 15 is 0 Å². The van der Waals surface area contributed by atoms with Crippen LogP contribution in [0.4, 0.5) is 4.39 Å². The largest absolute Gasteiger partial charge is 0.388 e. The molecule has 1 amide bonds. The van der Waals surface area contributed by atoms with Crippen LogP contribution in [-0.4, -0.2) is 34.1 Å². The molecule has 2 rings (SSSR count). The molecule has 1 aromatic carbocycles. The molecular weight excluding hydrogens is 269 g/mol. The molecule has 114 valence electrons. The molecule has 0 spiro atoms. The number of carbonyl (C=O) groups is 1. The van der Waals surface area contributed by atoms with E-state index in [0.29, 0.717) is 17.7 Å². The minimum absolute atomic E-state index is 0.166. The zero-order valence-electron chi connectivity index (χ0n) is 12.8. The van der Waals surface area contributed by atoms with Crippen LogP contribution in [0.3, 0.4) is 0 Å². The van der Waals surface area contributed by atoms with E-state index in [2.05, 4.69) is 0 Å². The molecule has 4 heteroatoms. The number of nitrogens with zero attached hydrogens (tertiary/aromatic N) is 1. The van der Waals surface area contributed by atoms with Crippen LogP contribution < -0.4 is 0 Å². The SMILES string of the molecule is C/C(=C/C(=O)N1CCCC1C(C)(C)O)c1ccccc1F. The third-order valence-electron chi connectivity index (χ3n) is 3.99. The molecule has 1 unspecified atom stereocenters. The molecular formula is C17H22FNO2. The number of hydrogen-bond donors (Lipinski definition) is 1. The number of allylic oxidation sites excluding steroid dienone is 1. The molecule has 0 aliphatic carbocycles. The lowest BCUT2D eigenvalue weighted by molar-refractivity contribution is -0.131. The molecule has 1 saturated heterocycles. The highest BCUT2D eigenvalue weighted by molar-refractivity contribution is 5.95. The number of carbonyl (C=O) groups excluding carboxylic acids is 1. The van der Waals surface area contributed by atoms with Crippen LogP contribution in [0.25, 0.3) is 5.57 Å². The van der Waals surface area contributed by atoms with Gasteiger partial charge in [-0.1, -0.05) is 18.2 Å². The Morgan fingerprint density at radius 1 is 1.43 bits per heavy atom. The van der Waals surface area contributed by atoms with Gasteiger partial charge in [0.05, 0.1) is 11.6 Å². The van der Waals surface area contributed by atoms with Gasteiger partial charge in [0, 0.05) is 18.2 Å². The van der Waals surface area contributed by atoms with Crippen LogP contribution in [0, 0.1) is 5.82 Å². The van der Waals surface area contributed by atoms with Gasteiger partial charge in [-0.25, -0.2) is 4.39 Å². The zero-order chi connectivity index (χ0) is 15.6. The molecule has 1 N–H and O–H groups in total. The Kier molecular flexibility index (Phi) is 4.47. The molecule has 1 atom stereocenters. The summed E-state index contributed by atoms with van der Waals surface area (Å²) < 4.78 is 13.7. The van der Waals surface area contributed by atoms with Crippen LogP contribution >= 0.6 is 0 Å². The average Bonchev–Trinajstić information content (AvgIpc) is 2.88. The van der Waals surface area contributed by atoms with Gasteiger partial charge in [0.15, 0.2) is 0 Å². The second kappa shape index (κ2) is 5.98. The highest BCUT2D eigenvalue weighted by Gasteiger charge is 2.37. The molecule has 1 heterocycles. The molecule has 0 aromatic heterocycles. The van der Waals surface area contributed by atoms with Crippen molar-refractivity contribution in [3.05, 3.63) is 41.7 Å². The van der Waals surface area contributed by atoms with Gasteiger partial charge in [-0.3, -0.25) is 4.79 Å². The van der Waals surface area contributed by atoms with Crippen LogP contribution in [-0.2, 0) is 4.79 Å². The van der Waals surface area contributed by atoms with E-state index in [0.717, 1.165) is 12.8 Å². The van der Waals surface area contributed by atoms with E-state index in [-0.39, 0.29) is 17.8 Å². The highest BCUT2D eigenvalue weighted by atomic mass is 19.1. The van der Waals surface area contributed by atoms with Crippen molar-refractivity contribution < 1.29 is 14.3 Å². The minimum Gasteiger partial charge on any atom is -0.388 e. The van der Waals surface area contributed by atoms with Crippen LogP contribution in [0.15, 0.2) is 30.3 Å². The van der Waals surface area contributed by atoms with Gasteiger partial charge in [0.25, 0.3) is 0 Å². The minimum atomic E-state index is -0.925. The van der Waals surface area contributed by atoms with Gasteiger partial charge in [-0.2, -0.15) is 0 Å². The van der Waals surface area contributed by atoms with E-state index in [1.54, 1.807) is 43.9 Å². The fourth-order valence-electron chi connectivity index (χ4n) is 2.89. The van der Waals surface area contributed by atoms with Crippen molar-refractivity contribution in [1.29, 1.82) is 0 Å². The molecule has 3 nitrogen and oxygen atoms in total. The molecule has 0 radical (unpaired) electrons. The number of halogens is 1. The van der Waals surface area contributed by atoms with Crippen LogP contribution in [0.2, 0.25) is 0 Å². The number of aliphatic hydroxyl groups is 1. The lowest BCUT2D eigenvalue weighted by atomic mass is 9.96. The van der Waals surface area contributed by atoms with Crippen molar-refractivity contribution in [1.82, 2.24) is 4.90 Å². The van der Waals surface area contributed by atoms with Crippen molar-refractivity contribution in [2.75, 3.05) is 6.54 Å². The summed E-state index contributed by atoms with van der Waals surface area (Å²) in [6, 6.07) is 6.22. The standard InChI is InChI=1S/C17H22FNO2/c1-12(13-7-4-5-8-14(13)18)11-16(20)19-10-6-9-15(19)17(2,3)21/h4-5,7-8,11,15,21H,6,9-10H2,1-3H3/b12-11-. The van der Waals surface area contributed by atoms with Gasteiger partial charge < -0.3 is 10.0 Å². The summed E-state index contributed by atoms with van der Waals surface area (Å²) in [6.07, 6.45) is 3.14. The Balaban J connectivity index is 2.21. The molecule has 1 fully saturated rings. The summed E-state index contributed by atoms with van der Waals surface area (Å²) in [5.41, 5.74) is 0.107. The molecule has 1 aromatic rings. The Morgan fingerprint density at radius 3 is 2.71 bits per heavy atom. The predicted molar refractivity (Wildman–Crippen MR) is 81.1 cm³/mol. The maximum Gasteiger partial charge on any atom is 0.247 e. The van der Waals surface area contributed by atoms with E-state index in [1.807, 2.05) is 0 Å². The lowest BCUT2D eigenvalue weighted by Crippen LogP contribution is -2.47. The smallest absolute Gasteiger partial charge is 0.247 e. The topological polar surface area (TPSA) is 40.5 Å². The molecule has 1 aliphatic heterocycles. The van der Waals surface area contributed by atoms with Crippen molar-refractivity contribution in [2.24, 2.45) is 0 Å². The van der Waals surface area contributed by atoms with Crippen molar-refractivity contribution in [3.8, 4) is 0 Å². The number of amides is 1. The fourth-order valence-corrected chi connectivity index (χ4v) is 2.89. The van der Waals surface area contributed by atoms with Crippen LogP contribution in [0.1, 0.15) is 39.2 Å². The first-order valence-corrected chi connectivity index (χ1v) is 7.27. The van der Waals surface area contributed by atoms with Gasteiger partial charge in [0.1, 0.15) is 5.82 Å². The lowest BCUT2D eigenvalue weighted by Gasteiger charge is -2.33. The monoisotopic (exact) mass is 291 g/mol. The Morgan fingerprint density at radius 2 is 2.10 bits per heavy atom. The first-order chi connectivity index (χ1) is 9.80. The first-order valence-electron chi connectivity index (χ1n) is 7.27. The summed E-state index contributed by atoms with van der Waals surface area (Å²) in [5, 5.41) is 10.2. The third-order valence-corrected chi connectivity index (χ3v) is 3.99. The second-order valence-electron chi connectivity index (χ2n) is 6.15. The maximum atomic E-state index is 13.7. The first kappa shape index (κ1) is 15.7. The van der Waals surface area contributed by atoms with Gasteiger partial charge >= 0.3 is 0 Å². The van der Waals surface area contributed by atoms with E-state index in [9.17, 15) is 14.3 Å². The van der Waals surface area contributed by atoms with Crippen molar-refractivity contribution in [2.45, 2.75) is 45.3 Å². The van der Waals surface area contributed by atoms with E-state index in [4.69, 9.17) is 0 Å². The summed E-state index contributed by atoms with van der Waals surface area (Å²) in [4.78, 5) is 14.1. The summed E-state index contributed by atoms with van der Waals surface area (Å²) in [5.74, 6) is -0.500. The number of hydrogen-bond acceptors (Lipinski definition) is 2. The average molecular weight is 291 g/mol. The normalized spacial score (nSPS) is 20.0. The second-order valence-corrected chi connectivity index (χ2v) is 6.15. The number of benzene rings is 1. The Hall–Kier alpha value is -1.68. The van der Waals surface area contributed by atoms with Crippen molar-refractivity contribution >= 4 is 11.5 Å². The highest BCUT2D eigenvalue weighted by Crippen LogP contribution is 2.27. The summed E-state index contributed by atoms with van der Waals surface area (Å²) in [7, 11) is 0. The molecule has 21 heavy (non-hydrogen) atoms. The maximum absolute atomic E-state index is 13.7. The molecule has 1 aliphatic rings. The number of rotatable bonds is 3. The van der Waals surface area contributed by atoms with Gasteiger partial charge in [0.2, 0.25) is 5.91 Å². The van der Waals surface area contributed by atoms with Gasteiger partial charge in [-0.05, 0) is 45.3 Å². The molecule has 0 saturated carbocycles.